The number of hydrogen-bond donors (Lipinski definition) is 0. The third-order valence-corrected chi connectivity index (χ3v) is 5.51. The molecule has 1 saturated heterocycles. The number of benzene rings is 1. The van der Waals surface area contributed by atoms with E-state index in [1.54, 1.807) is 28.0 Å². The molecule has 0 N–H and O–H groups in total. The van der Waals surface area contributed by atoms with E-state index in [0.29, 0.717) is 49.1 Å². The van der Waals surface area contributed by atoms with Crippen molar-refractivity contribution >= 4 is 29.5 Å². The van der Waals surface area contributed by atoms with Crippen molar-refractivity contribution in [2.45, 2.75) is 39.7 Å². The SMILES string of the molecule is CCOc1cc(C=CC(=O)N2CCC(C(=O)N(C)C(C)C)CC2)cc(Cl)c1OC. The Kier molecular flexibility index (Phi) is 8.38. The monoisotopic (exact) mass is 422 g/mol. The standard InChI is InChI=1S/C22H31ClN2O4/c1-6-29-19-14-16(13-18(23)21(19)28-5)7-8-20(26)25-11-9-17(10-12-25)22(27)24(4)15(2)3/h7-8,13-15,17H,6,9-12H2,1-5H3. The van der Waals surface area contributed by atoms with Gasteiger partial charge in [0.05, 0.1) is 18.7 Å². The van der Waals surface area contributed by atoms with Crippen LogP contribution in [0, 0.1) is 5.92 Å². The Hall–Kier alpha value is -2.21. The van der Waals surface area contributed by atoms with Crippen LogP contribution in [0.5, 0.6) is 11.5 Å². The molecule has 1 aromatic rings. The number of methoxy groups -OCH3 is 1. The normalized spacial score (nSPS) is 15.1. The van der Waals surface area contributed by atoms with Crippen molar-refractivity contribution in [3.8, 4) is 11.5 Å². The Bertz CT molecular complexity index is 755. The first-order valence-corrected chi connectivity index (χ1v) is 10.4. The van der Waals surface area contributed by atoms with Gasteiger partial charge in [-0.25, -0.2) is 0 Å². The lowest BCUT2D eigenvalue weighted by atomic mass is 9.95. The number of nitrogens with zero attached hydrogens (tertiary/aromatic N) is 2. The zero-order valence-corrected chi connectivity index (χ0v) is 18.7. The fourth-order valence-electron chi connectivity index (χ4n) is 3.31. The molecule has 0 spiro atoms. The van der Waals surface area contributed by atoms with Crippen molar-refractivity contribution in [2.24, 2.45) is 5.92 Å². The van der Waals surface area contributed by atoms with Crippen LogP contribution < -0.4 is 9.47 Å². The van der Waals surface area contributed by atoms with Gasteiger partial charge in [0.15, 0.2) is 11.5 Å². The van der Waals surface area contributed by atoms with Crippen LogP contribution in [0.3, 0.4) is 0 Å². The highest BCUT2D eigenvalue weighted by molar-refractivity contribution is 6.32. The van der Waals surface area contributed by atoms with Gasteiger partial charge in [-0.15, -0.1) is 0 Å². The number of halogens is 1. The van der Waals surface area contributed by atoms with Crippen LogP contribution in [0.2, 0.25) is 5.02 Å². The lowest BCUT2D eigenvalue weighted by Gasteiger charge is -2.33. The molecule has 0 bridgehead atoms. The summed E-state index contributed by atoms with van der Waals surface area (Å²) in [5.74, 6) is 1.11. The van der Waals surface area contributed by atoms with Crippen LogP contribution in [0.1, 0.15) is 39.2 Å². The van der Waals surface area contributed by atoms with Crippen molar-refractivity contribution in [3.05, 3.63) is 28.8 Å². The highest BCUT2D eigenvalue weighted by Gasteiger charge is 2.29. The van der Waals surface area contributed by atoms with Gasteiger partial charge in [0.1, 0.15) is 0 Å². The van der Waals surface area contributed by atoms with E-state index in [2.05, 4.69) is 0 Å². The molecule has 0 unspecified atom stereocenters. The van der Waals surface area contributed by atoms with E-state index in [0.717, 1.165) is 5.56 Å². The Morgan fingerprint density at radius 3 is 2.52 bits per heavy atom. The van der Waals surface area contributed by atoms with E-state index in [9.17, 15) is 9.59 Å². The molecule has 1 aliphatic heterocycles. The largest absolute Gasteiger partial charge is 0.491 e. The van der Waals surface area contributed by atoms with E-state index < -0.39 is 0 Å². The molecule has 0 aliphatic carbocycles. The van der Waals surface area contributed by atoms with Gasteiger partial charge < -0.3 is 19.3 Å². The Morgan fingerprint density at radius 1 is 1.31 bits per heavy atom. The van der Waals surface area contributed by atoms with Gasteiger partial charge in [-0.05, 0) is 57.4 Å². The zero-order chi connectivity index (χ0) is 21.6. The summed E-state index contributed by atoms with van der Waals surface area (Å²) in [6, 6.07) is 3.72. The number of carbonyl (C=O) groups excluding carboxylic acids is 2. The Balaban J connectivity index is 1.99. The summed E-state index contributed by atoms with van der Waals surface area (Å²) in [5.41, 5.74) is 0.760. The lowest BCUT2D eigenvalue weighted by Crippen LogP contribution is -2.44. The maximum Gasteiger partial charge on any atom is 0.246 e. The van der Waals surface area contributed by atoms with E-state index in [-0.39, 0.29) is 23.8 Å². The van der Waals surface area contributed by atoms with Gasteiger partial charge in [-0.3, -0.25) is 9.59 Å². The first-order valence-electron chi connectivity index (χ1n) is 10.0. The molecule has 160 valence electrons. The Morgan fingerprint density at radius 2 is 1.97 bits per heavy atom. The average molecular weight is 423 g/mol. The van der Waals surface area contributed by atoms with Crippen LogP contribution in [0.4, 0.5) is 0 Å². The fraction of sp³-hybridized carbons (Fsp3) is 0.545. The van der Waals surface area contributed by atoms with Crippen molar-refractivity contribution < 1.29 is 19.1 Å². The van der Waals surface area contributed by atoms with Crippen LogP contribution in [0.15, 0.2) is 18.2 Å². The van der Waals surface area contributed by atoms with Gasteiger partial charge in [-0.1, -0.05) is 11.6 Å². The second-order valence-electron chi connectivity index (χ2n) is 7.44. The van der Waals surface area contributed by atoms with E-state index in [1.807, 2.05) is 27.8 Å². The molecule has 2 amide bonds. The van der Waals surface area contributed by atoms with Crippen molar-refractivity contribution in [1.29, 1.82) is 0 Å². The molecule has 0 aromatic heterocycles. The number of piperidine rings is 1. The lowest BCUT2D eigenvalue weighted by molar-refractivity contribution is -0.139. The molecule has 1 aromatic carbocycles. The topological polar surface area (TPSA) is 59.1 Å². The third kappa shape index (κ3) is 5.89. The van der Waals surface area contributed by atoms with Crippen LogP contribution in [-0.4, -0.2) is 61.5 Å². The summed E-state index contributed by atoms with van der Waals surface area (Å²) >= 11 is 6.26. The smallest absolute Gasteiger partial charge is 0.246 e. The molecule has 0 radical (unpaired) electrons. The van der Waals surface area contributed by atoms with Gasteiger partial charge in [-0.2, -0.15) is 0 Å². The van der Waals surface area contributed by atoms with E-state index in [4.69, 9.17) is 21.1 Å². The van der Waals surface area contributed by atoms with Gasteiger partial charge in [0.25, 0.3) is 0 Å². The number of rotatable bonds is 7. The minimum absolute atomic E-state index is 0.00965. The molecule has 7 heteroatoms. The van der Waals surface area contributed by atoms with Crippen LogP contribution in [0.25, 0.3) is 6.08 Å². The van der Waals surface area contributed by atoms with E-state index >= 15 is 0 Å². The number of hydrogen-bond acceptors (Lipinski definition) is 4. The van der Waals surface area contributed by atoms with Gasteiger partial charge >= 0.3 is 0 Å². The summed E-state index contributed by atoms with van der Waals surface area (Å²) in [6.07, 6.45) is 4.65. The number of ether oxygens (including phenoxy) is 2. The molecule has 0 saturated carbocycles. The van der Waals surface area contributed by atoms with Crippen molar-refractivity contribution in [3.63, 3.8) is 0 Å². The quantitative estimate of drug-likeness (QED) is 0.626. The minimum atomic E-state index is -0.0713. The zero-order valence-electron chi connectivity index (χ0n) is 17.9. The maximum absolute atomic E-state index is 12.6. The highest BCUT2D eigenvalue weighted by Crippen LogP contribution is 2.36. The first kappa shape index (κ1) is 23.1. The first-order chi connectivity index (χ1) is 13.8. The fourth-order valence-corrected chi connectivity index (χ4v) is 3.60. The molecule has 0 atom stereocenters. The molecule has 2 rings (SSSR count). The van der Waals surface area contributed by atoms with Crippen LogP contribution in [-0.2, 0) is 9.59 Å². The van der Waals surface area contributed by atoms with Crippen molar-refractivity contribution in [1.82, 2.24) is 9.80 Å². The Labute approximate surface area is 178 Å². The minimum Gasteiger partial charge on any atom is -0.491 e. The summed E-state index contributed by atoms with van der Waals surface area (Å²) in [5, 5.41) is 0.430. The second kappa shape index (κ2) is 10.5. The summed E-state index contributed by atoms with van der Waals surface area (Å²) in [6.45, 7) is 7.54. The molecular weight excluding hydrogens is 392 g/mol. The van der Waals surface area contributed by atoms with Crippen molar-refractivity contribution in [2.75, 3.05) is 33.9 Å². The number of amides is 2. The van der Waals surface area contributed by atoms with Crippen LogP contribution >= 0.6 is 11.6 Å². The predicted molar refractivity (Wildman–Crippen MR) is 115 cm³/mol. The summed E-state index contributed by atoms with van der Waals surface area (Å²) in [7, 11) is 3.37. The molecule has 29 heavy (non-hydrogen) atoms. The third-order valence-electron chi connectivity index (χ3n) is 5.23. The second-order valence-corrected chi connectivity index (χ2v) is 7.85. The maximum atomic E-state index is 12.6. The average Bonchev–Trinajstić information content (AvgIpc) is 2.71. The summed E-state index contributed by atoms with van der Waals surface area (Å²) in [4.78, 5) is 28.6. The van der Waals surface area contributed by atoms with Gasteiger partial charge in [0.2, 0.25) is 11.8 Å². The highest BCUT2D eigenvalue weighted by atomic mass is 35.5. The molecule has 1 aliphatic rings. The molecule has 6 nitrogen and oxygen atoms in total. The van der Waals surface area contributed by atoms with E-state index in [1.165, 1.54) is 13.2 Å². The molecular formula is C22H31ClN2O4. The number of carbonyl (C=O) groups is 2. The number of likely N-dealkylation sites (tertiary alicyclic amines) is 1. The molecule has 1 heterocycles. The molecule has 1 fully saturated rings. The summed E-state index contributed by atoms with van der Waals surface area (Å²) < 4.78 is 10.8. The predicted octanol–water partition coefficient (Wildman–Crippen LogP) is 3.87. The van der Waals surface area contributed by atoms with Gasteiger partial charge in [0, 0.05) is 38.2 Å².